The molecule has 2 aliphatic heterocycles. The smallest absolute Gasteiger partial charge is 0.224 e. The van der Waals surface area contributed by atoms with Crippen LogP contribution in [-0.4, -0.2) is 53.0 Å². The number of fused-ring (bicyclic) bond motifs is 2. The van der Waals surface area contributed by atoms with Gasteiger partial charge in [0.15, 0.2) is 5.78 Å². The van der Waals surface area contributed by atoms with Gasteiger partial charge in [0.05, 0.1) is 12.1 Å². The number of para-hydroxylation sites is 1. The monoisotopic (exact) mass is 406 g/mol. The number of ether oxygens (including phenoxy) is 1. The van der Waals surface area contributed by atoms with Gasteiger partial charge in [0.1, 0.15) is 11.9 Å². The summed E-state index contributed by atoms with van der Waals surface area (Å²) in [5.74, 6) is 1.03. The van der Waals surface area contributed by atoms with E-state index in [1.807, 2.05) is 42.5 Å². The minimum Gasteiger partial charge on any atom is -0.490 e. The lowest BCUT2D eigenvalue weighted by Crippen LogP contribution is -2.37. The van der Waals surface area contributed by atoms with Gasteiger partial charge in [-0.2, -0.15) is 0 Å². The van der Waals surface area contributed by atoms with Crippen LogP contribution in [0.5, 0.6) is 5.75 Å². The lowest BCUT2D eigenvalue weighted by molar-refractivity contribution is -0.116. The molecule has 0 unspecified atom stereocenters. The number of ketones is 1. The molecule has 2 aromatic rings. The number of carbonyl (C=O) groups excluding carboxylic acids is 2. The van der Waals surface area contributed by atoms with Crippen LogP contribution in [0.1, 0.15) is 35.2 Å². The van der Waals surface area contributed by atoms with Crippen molar-refractivity contribution in [3.05, 3.63) is 59.7 Å². The van der Waals surface area contributed by atoms with Crippen molar-refractivity contribution in [2.75, 3.05) is 25.0 Å². The Hall–Kier alpha value is -2.70. The predicted octanol–water partition coefficient (Wildman–Crippen LogP) is 2.66. The molecule has 2 N–H and O–H groups in total. The number of likely N-dealkylation sites (tertiary alicyclic amines) is 1. The molecule has 0 bridgehead atoms. The molecule has 1 amide bonds. The molecule has 1 saturated carbocycles. The Labute approximate surface area is 175 Å². The fourth-order valence-electron chi connectivity index (χ4n) is 5.14. The number of anilines is 1. The summed E-state index contributed by atoms with van der Waals surface area (Å²) in [6.07, 6.45) is 2.52. The van der Waals surface area contributed by atoms with Crippen molar-refractivity contribution < 1.29 is 19.4 Å². The summed E-state index contributed by atoms with van der Waals surface area (Å²) in [6.45, 7) is 1.51. The SMILES string of the molecule is O=C1CCc2cc(C(=O)CN3C[C@H]4C[C@H](Oc5ccccc5)C[C@@]4(O)C3)ccc2N1. The van der Waals surface area contributed by atoms with E-state index in [1.54, 1.807) is 6.07 Å². The van der Waals surface area contributed by atoms with Gasteiger partial charge >= 0.3 is 0 Å². The third-order valence-electron chi connectivity index (χ3n) is 6.60. The van der Waals surface area contributed by atoms with Gasteiger partial charge in [0.2, 0.25) is 5.91 Å². The maximum Gasteiger partial charge on any atom is 0.224 e. The van der Waals surface area contributed by atoms with Gasteiger partial charge in [0.25, 0.3) is 0 Å². The van der Waals surface area contributed by atoms with Crippen LogP contribution >= 0.6 is 0 Å². The summed E-state index contributed by atoms with van der Waals surface area (Å²) in [5.41, 5.74) is 1.69. The van der Waals surface area contributed by atoms with Gasteiger partial charge in [-0.05, 0) is 48.7 Å². The van der Waals surface area contributed by atoms with Gasteiger partial charge in [-0.25, -0.2) is 0 Å². The minimum absolute atomic E-state index is 0.0103. The summed E-state index contributed by atoms with van der Waals surface area (Å²) in [7, 11) is 0. The Morgan fingerprint density at radius 3 is 2.83 bits per heavy atom. The number of amides is 1. The average molecular weight is 406 g/mol. The Morgan fingerprint density at radius 2 is 2.03 bits per heavy atom. The summed E-state index contributed by atoms with van der Waals surface area (Å²) < 4.78 is 6.05. The number of β-amino-alcohol motifs (C(OH)–C–C–N with tert-alkyl or cyclic N) is 1. The zero-order chi connectivity index (χ0) is 20.7. The Bertz CT molecular complexity index is 976. The standard InChI is InChI=1S/C24H26N2O4/c27-22(17-6-8-21-16(10-17)7-9-23(28)25-21)14-26-13-18-11-20(12-24(18,29)15-26)30-19-4-2-1-3-5-19/h1-6,8,10,18,20,29H,7,9,11-15H2,(H,25,28)/t18-,20+,24-/m1/s1. The Kier molecular flexibility index (Phi) is 4.83. The first-order valence-corrected chi connectivity index (χ1v) is 10.6. The first kappa shape index (κ1) is 19.3. The van der Waals surface area contributed by atoms with E-state index in [9.17, 15) is 14.7 Å². The number of nitrogens with one attached hydrogen (secondary N) is 1. The molecule has 156 valence electrons. The molecule has 2 heterocycles. The van der Waals surface area contributed by atoms with E-state index in [2.05, 4.69) is 10.2 Å². The number of hydrogen-bond acceptors (Lipinski definition) is 5. The van der Waals surface area contributed by atoms with E-state index in [1.165, 1.54) is 0 Å². The number of Topliss-reactive ketones (excluding diaryl/α,β-unsaturated/α-hetero) is 1. The van der Waals surface area contributed by atoms with E-state index in [0.717, 1.165) is 23.4 Å². The van der Waals surface area contributed by atoms with Crippen LogP contribution in [0, 0.1) is 5.92 Å². The number of carbonyl (C=O) groups is 2. The normalized spacial score (nSPS) is 28.0. The number of hydrogen-bond donors (Lipinski definition) is 2. The van der Waals surface area contributed by atoms with Crippen LogP contribution in [0.25, 0.3) is 0 Å². The summed E-state index contributed by atoms with van der Waals surface area (Å²) in [4.78, 5) is 26.4. The molecule has 3 aliphatic rings. The van der Waals surface area contributed by atoms with Crippen LogP contribution in [-0.2, 0) is 11.2 Å². The molecule has 6 heteroatoms. The fraction of sp³-hybridized carbons (Fsp3) is 0.417. The zero-order valence-corrected chi connectivity index (χ0v) is 16.8. The van der Waals surface area contributed by atoms with Gasteiger partial charge in [-0.15, -0.1) is 0 Å². The Morgan fingerprint density at radius 1 is 1.20 bits per heavy atom. The molecule has 3 atom stereocenters. The molecule has 2 fully saturated rings. The number of benzene rings is 2. The van der Waals surface area contributed by atoms with E-state index in [-0.39, 0.29) is 23.7 Å². The van der Waals surface area contributed by atoms with Crippen LogP contribution in [0.2, 0.25) is 0 Å². The molecule has 6 nitrogen and oxygen atoms in total. The summed E-state index contributed by atoms with van der Waals surface area (Å²) in [6, 6.07) is 15.2. The second kappa shape index (κ2) is 7.52. The number of nitrogens with zero attached hydrogens (tertiary/aromatic N) is 1. The Balaban J connectivity index is 1.19. The van der Waals surface area contributed by atoms with Crippen LogP contribution in [0.4, 0.5) is 5.69 Å². The molecule has 0 aromatic heterocycles. The van der Waals surface area contributed by atoms with Gasteiger partial charge in [0, 0.05) is 43.1 Å². The molecule has 30 heavy (non-hydrogen) atoms. The van der Waals surface area contributed by atoms with Crippen molar-refractivity contribution in [2.24, 2.45) is 5.92 Å². The number of aryl methyl sites for hydroxylation is 1. The quantitative estimate of drug-likeness (QED) is 0.747. The van der Waals surface area contributed by atoms with Crippen molar-refractivity contribution in [1.82, 2.24) is 4.90 Å². The minimum atomic E-state index is -0.792. The molecule has 0 spiro atoms. The second-order valence-electron chi connectivity index (χ2n) is 8.81. The van der Waals surface area contributed by atoms with Crippen molar-refractivity contribution in [3.63, 3.8) is 0 Å². The van der Waals surface area contributed by atoms with E-state index >= 15 is 0 Å². The van der Waals surface area contributed by atoms with Gasteiger partial charge in [-0.3, -0.25) is 14.5 Å². The largest absolute Gasteiger partial charge is 0.490 e. The topological polar surface area (TPSA) is 78.9 Å². The van der Waals surface area contributed by atoms with Crippen molar-refractivity contribution in [3.8, 4) is 5.75 Å². The van der Waals surface area contributed by atoms with Gasteiger partial charge in [-0.1, -0.05) is 18.2 Å². The highest BCUT2D eigenvalue weighted by molar-refractivity contribution is 6.00. The van der Waals surface area contributed by atoms with Gasteiger partial charge < -0.3 is 15.2 Å². The van der Waals surface area contributed by atoms with E-state index in [4.69, 9.17) is 4.74 Å². The van der Waals surface area contributed by atoms with Crippen LogP contribution in [0.3, 0.4) is 0 Å². The maximum absolute atomic E-state index is 12.8. The second-order valence-corrected chi connectivity index (χ2v) is 8.81. The van der Waals surface area contributed by atoms with Crippen LogP contribution in [0.15, 0.2) is 48.5 Å². The van der Waals surface area contributed by atoms with Crippen molar-refractivity contribution in [1.29, 1.82) is 0 Å². The van der Waals surface area contributed by atoms with E-state index in [0.29, 0.717) is 44.5 Å². The van der Waals surface area contributed by atoms with Crippen molar-refractivity contribution in [2.45, 2.75) is 37.4 Å². The third kappa shape index (κ3) is 3.73. The summed E-state index contributed by atoms with van der Waals surface area (Å²) >= 11 is 0. The molecule has 0 radical (unpaired) electrons. The highest BCUT2D eigenvalue weighted by Gasteiger charge is 2.52. The predicted molar refractivity (Wildman–Crippen MR) is 113 cm³/mol. The zero-order valence-electron chi connectivity index (χ0n) is 16.8. The molecule has 2 aromatic carbocycles. The first-order chi connectivity index (χ1) is 14.5. The highest BCUT2D eigenvalue weighted by atomic mass is 16.5. The number of aliphatic hydroxyl groups is 1. The fourth-order valence-corrected chi connectivity index (χ4v) is 5.14. The highest BCUT2D eigenvalue weighted by Crippen LogP contribution is 2.43. The number of rotatable bonds is 5. The lowest BCUT2D eigenvalue weighted by Gasteiger charge is -2.23. The molecular formula is C24H26N2O4. The molecule has 5 rings (SSSR count). The molecular weight excluding hydrogens is 380 g/mol. The van der Waals surface area contributed by atoms with E-state index < -0.39 is 5.60 Å². The maximum atomic E-state index is 12.8. The molecule has 1 aliphatic carbocycles. The lowest BCUT2D eigenvalue weighted by atomic mass is 9.95. The van der Waals surface area contributed by atoms with Crippen molar-refractivity contribution >= 4 is 17.4 Å². The first-order valence-electron chi connectivity index (χ1n) is 10.6. The average Bonchev–Trinajstić information content (AvgIpc) is 3.18. The summed E-state index contributed by atoms with van der Waals surface area (Å²) in [5, 5.41) is 14.0. The third-order valence-corrected chi connectivity index (χ3v) is 6.60. The van der Waals surface area contributed by atoms with Crippen LogP contribution < -0.4 is 10.1 Å². The molecule has 1 saturated heterocycles.